The summed E-state index contributed by atoms with van der Waals surface area (Å²) in [6.07, 6.45) is 0. The molecule has 20 heavy (non-hydrogen) atoms. The molecule has 0 atom stereocenters. The molecule has 0 bridgehead atoms. The summed E-state index contributed by atoms with van der Waals surface area (Å²) in [4.78, 5) is 13.5. The summed E-state index contributed by atoms with van der Waals surface area (Å²) < 4.78 is 13.1. The molecule has 0 unspecified atom stereocenters. The van der Waals surface area contributed by atoms with Crippen molar-refractivity contribution in [1.82, 2.24) is 4.90 Å². The van der Waals surface area contributed by atoms with E-state index in [0.717, 1.165) is 5.56 Å². The maximum Gasteiger partial charge on any atom is 0.321 e. The van der Waals surface area contributed by atoms with E-state index in [9.17, 15) is 9.18 Å². The molecule has 2 aromatic carbocycles. The maximum atomic E-state index is 13.1. The van der Waals surface area contributed by atoms with E-state index in [1.54, 1.807) is 43.4 Å². The zero-order valence-corrected chi connectivity index (χ0v) is 11.7. The summed E-state index contributed by atoms with van der Waals surface area (Å²) in [6, 6.07) is 12.8. The standard InChI is InChI=1S/C15H14ClFN2O/c1-19(10-11-5-4-6-12(17)9-11)15(20)18-14-8-3-2-7-13(14)16/h2-9H,10H2,1H3,(H,18,20). The molecule has 0 aliphatic heterocycles. The molecule has 0 radical (unpaired) electrons. The second kappa shape index (κ2) is 6.39. The van der Waals surface area contributed by atoms with E-state index in [0.29, 0.717) is 17.3 Å². The quantitative estimate of drug-likeness (QED) is 0.906. The molecule has 5 heteroatoms. The van der Waals surface area contributed by atoms with Gasteiger partial charge in [-0.2, -0.15) is 0 Å². The first-order valence-corrected chi connectivity index (χ1v) is 6.45. The van der Waals surface area contributed by atoms with Crippen LogP contribution in [0.3, 0.4) is 0 Å². The van der Waals surface area contributed by atoms with Gasteiger partial charge in [-0.25, -0.2) is 9.18 Å². The van der Waals surface area contributed by atoms with Gasteiger partial charge in [-0.3, -0.25) is 0 Å². The molecule has 3 nitrogen and oxygen atoms in total. The van der Waals surface area contributed by atoms with Crippen LogP contribution in [0.25, 0.3) is 0 Å². The van der Waals surface area contributed by atoms with Gasteiger partial charge in [0.05, 0.1) is 10.7 Å². The van der Waals surface area contributed by atoms with Gasteiger partial charge in [0.25, 0.3) is 0 Å². The Bertz CT molecular complexity index is 618. The molecule has 0 aliphatic carbocycles. The van der Waals surface area contributed by atoms with Gasteiger partial charge in [0.2, 0.25) is 0 Å². The van der Waals surface area contributed by atoms with Crippen molar-refractivity contribution in [2.75, 3.05) is 12.4 Å². The molecule has 1 N–H and O–H groups in total. The van der Waals surface area contributed by atoms with Gasteiger partial charge in [-0.05, 0) is 29.8 Å². The number of anilines is 1. The molecular formula is C15H14ClFN2O. The van der Waals surface area contributed by atoms with Gasteiger partial charge in [-0.1, -0.05) is 35.9 Å². The fourth-order valence-corrected chi connectivity index (χ4v) is 1.94. The van der Waals surface area contributed by atoms with Crippen molar-refractivity contribution in [1.29, 1.82) is 0 Å². The van der Waals surface area contributed by atoms with E-state index in [1.165, 1.54) is 17.0 Å². The van der Waals surface area contributed by atoms with Gasteiger partial charge in [0.15, 0.2) is 0 Å². The van der Waals surface area contributed by atoms with E-state index in [1.807, 2.05) is 0 Å². The Morgan fingerprint density at radius 2 is 2.00 bits per heavy atom. The lowest BCUT2D eigenvalue weighted by Crippen LogP contribution is -2.30. The second-order valence-corrected chi connectivity index (χ2v) is 4.80. The highest BCUT2D eigenvalue weighted by molar-refractivity contribution is 6.33. The molecule has 0 spiro atoms. The summed E-state index contributed by atoms with van der Waals surface area (Å²) in [5.41, 5.74) is 1.27. The minimum atomic E-state index is -0.317. The Labute approximate surface area is 122 Å². The Morgan fingerprint density at radius 1 is 1.25 bits per heavy atom. The number of halogens is 2. The molecule has 0 aromatic heterocycles. The number of hydrogen-bond donors (Lipinski definition) is 1. The molecule has 0 heterocycles. The van der Waals surface area contributed by atoms with Crippen molar-refractivity contribution >= 4 is 23.3 Å². The molecule has 0 saturated heterocycles. The summed E-state index contributed by atoms with van der Waals surface area (Å²) in [7, 11) is 1.64. The van der Waals surface area contributed by atoms with Crippen molar-refractivity contribution < 1.29 is 9.18 Å². The van der Waals surface area contributed by atoms with Crippen LogP contribution in [-0.2, 0) is 6.54 Å². The zero-order valence-electron chi connectivity index (χ0n) is 10.9. The number of nitrogens with one attached hydrogen (secondary N) is 1. The predicted octanol–water partition coefficient (Wildman–Crippen LogP) is 4.14. The molecule has 0 saturated carbocycles. The molecule has 0 aliphatic rings. The van der Waals surface area contributed by atoms with E-state index in [-0.39, 0.29) is 11.8 Å². The lowest BCUT2D eigenvalue weighted by molar-refractivity contribution is 0.220. The molecule has 104 valence electrons. The van der Waals surface area contributed by atoms with Crippen molar-refractivity contribution in [3.63, 3.8) is 0 Å². The molecule has 0 fully saturated rings. The smallest absolute Gasteiger partial charge is 0.321 e. The highest BCUT2D eigenvalue weighted by atomic mass is 35.5. The number of para-hydroxylation sites is 1. The minimum Gasteiger partial charge on any atom is -0.323 e. The largest absolute Gasteiger partial charge is 0.323 e. The summed E-state index contributed by atoms with van der Waals surface area (Å²) >= 11 is 5.97. The lowest BCUT2D eigenvalue weighted by Gasteiger charge is -2.18. The average molecular weight is 293 g/mol. The van der Waals surface area contributed by atoms with Gasteiger partial charge in [0.1, 0.15) is 5.82 Å². The summed E-state index contributed by atoms with van der Waals surface area (Å²) in [5.74, 6) is -0.317. The number of carbonyl (C=O) groups excluding carboxylic acids is 1. The summed E-state index contributed by atoms with van der Waals surface area (Å²) in [6.45, 7) is 0.314. The normalized spacial score (nSPS) is 10.2. The molecule has 2 aromatic rings. The highest BCUT2D eigenvalue weighted by Crippen LogP contribution is 2.20. The Kier molecular flexibility index (Phi) is 4.58. The molecule has 2 rings (SSSR count). The fraction of sp³-hybridized carbons (Fsp3) is 0.133. The van der Waals surface area contributed by atoms with Crippen LogP contribution in [0.5, 0.6) is 0 Å². The first-order valence-electron chi connectivity index (χ1n) is 6.07. The predicted molar refractivity (Wildman–Crippen MR) is 78.3 cm³/mol. The minimum absolute atomic E-state index is 0.303. The van der Waals surface area contributed by atoms with Crippen molar-refractivity contribution in [2.45, 2.75) is 6.54 Å². The van der Waals surface area contributed by atoms with Crippen LogP contribution in [0, 0.1) is 5.82 Å². The van der Waals surface area contributed by atoms with Crippen molar-refractivity contribution in [3.8, 4) is 0 Å². The number of amides is 2. The van der Waals surface area contributed by atoms with Crippen LogP contribution in [0.4, 0.5) is 14.9 Å². The number of nitrogens with zero attached hydrogens (tertiary/aromatic N) is 1. The topological polar surface area (TPSA) is 32.3 Å². The van der Waals surface area contributed by atoms with Crippen LogP contribution in [-0.4, -0.2) is 18.0 Å². The van der Waals surface area contributed by atoms with Crippen LogP contribution in [0.15, 0.2) is 48.5 Å². The van der Waals surface area contributed by atoms with Gasteiger partial charge >= 0.3 is 6.03 Å². The van der Waals surface area contributed by atoms with Crippen molar-refractivity contribution in [3.05, 3.63) is 64.9 Å². The van der Waals surface area contributed by atoms with Gasteiger partial charge < -0.3 is 10.2 Å². The third kappa shape index (κ3) is 3.71. The van der Waals surface area contributed by atoms with Crippen LogP contribution >= 0.6 is 11.6 Å². The van der Waals surface area contributed by atoms with Crippen LogP contribution < -0.4 is 5.32 Å². The number of rotatable bonds is 3. The Hall–Kier alpha value is -2.07. The number of carbonyl (C=O) groups is 1. The lowest BCUT2D eigenvalue weighted by atomic mass is 10.2. The summed E-state index contributed by atoms with van der Waals surface area (Å²) in [5, 5.41) is 3.18. The number of urea groups is 1. The number of benzene rings is 2. The van der Waals surface area contributed by atoms with Crippen LogP contribution in [0.1, 0.15) is 5.56 Å². The number of hydrogen-bond acceptors (Lipinski definition) is 1. The monoisotopic (exact) mass is 292 g/mol. The fourth-order valence-electron chi connectivity index (χ4n) is 1.75. The van der Waals surface area contributed by atoms with E-state index < -0.39 is 0 Å². The third-order valence-corrected chi connectivity index (χ3v) is 3.10. The first kappa shape index (κ1) is 14.3. The zero-order chi connectivity index (χ0) is 14.5. The first-order chi connectivity index (χ1) is 9.56. The van der Waals surface area contributed by atoms with E-state index >= 15 is 0 Å². The van der Waals surface area contributed by atoms with E-state index in [2.05, 4.69) is 5.32 Å². The molecule has 2 amide bonds. The third-order valence-electron chi connectivity index (χ3n) is 2.77. The molecular weight excluding hydrogens is 279 g/mol. The van der Waals surface area contributed by atoms with Gasteiger partial charge in [0, 0.05) is 13.6 Å². The van der Waals surface area contributed by atoms with E-state index in [4.69, 9.17) is 11.6 Å². The average Bonchev–Trinajstić information content (AvgIpc) is 2.41. The second-order valence-electron chi connectivity index (χ2n) is 4.40. The van der Waals surface area contributed by atoms with Gasteiger partial charge in [-0.15, -0.1) is 0 Å². The Balaban J connectivity index is 2.01. The highest BCUT2D eigenvalue weighted by Gasteiger charge is 2.11. The van der Waals surface area contributed by atoms with Crippen LogP contribution in [0.2, 0.25) is 5.02 Å². The Morgan fingerprint density at radius 3 is 2.70 bits per heavy atom. The van der Waals surface area contributed by atoms with Crippen molar-refractivity contribution in [2.24, 2.45) is 0 Å². The SMILES string of the molecule is CN(Cc1cccc(F)c1)C(=O)Nc1ccccc1Cl. The maximum absolute atomic E-state index is 13.1.